The number of nitrogens with zero attached hydrogens (tertiary/aromatic N) is 2. The smallest absolute Gasteiger partial charge is 0.330 e. The van der Waals surface area contributed by atoms with Crippen LogP contribution in [0.1, 0.15) is 30.0 Å². The largest absolute Gasteiger partial charge is 0.466 e. The number of rotatable bonds is 3. The van der Waals surface area contributed by atoms with Gasteiger partial charge in [-0.2, -0.15) is 0 Å². The third kappa shape index (κ3) is 2.96. The molecule has 1 unspecified atom stereocenters. The Kier molecular flexibility index (Phi) is 4.10. The van der Waals surface area contributed by atoms with Crippen molar-refractivity contribution in [2.75, 3.05) is 20.7 Å². The molecule has 96 valence electrons. The second kappa shape index (κ2) is 5.78. The topological polar surface area (TPSA) is 42.4 Å². The van der Waals surface area contributed by atoms with E-state index in [-0.39, 0.29) is 5.97 Å². The zero-order valence-electron chi connectivity index (χ0n) is 10.8. The molecule has 0 bridgehead atoms. The highest BCUT2D eigenvalue weighted by atomic mass is 16.5. The van der Waals surface area contributed by atoms with E-state index >= 15 is 0 Å². The molecular formula is C14H18N2O2. The highest BCUT2D eigenvalue weighted by Crippen LogP contribution is 2.30. The molecule has 2 rings (SSSR count). The Morgan fingerprint density at radius 1 is 1.56 bits per heavy atom. The first-order valence-electron chi connectivity index (χ1n) is 6.12. The minimum absolute atomic E-state index is 0.349. The second-order valence-corrected chi connectivity index (χ2v) is 4.55. The molecule has 1 atom stereocenters. The van der Waals surface area contributed by atoms with E-state index in [4.69, 9.17) is 0 Å². The molecule has 18 heavy (non-hydrogen) atoms. The number of likely N-dealkylation sites (tertiary alicyclic amines) is 1. The van der Waals surface area contributed by atoms with Gasteiger partial charge in [-0.3, -0.25) is 9.88 Å². The lowest BCUT2D eigenvalue weighted by Crippen LogP contribution is -2.17. The van der Waals surface area contributed by atoms with E-state index in [0.717, 1.165) is 12.1 Å². The number of methoxy groups -OCH3 is 1. The highest BCUT2D eigenvalue weighted by molar-refractivity contribution is 5.86. The summed E-state index contributed by atoms with van der Waals surface area (Å²) in [6.45, 7) is 1.13. The van der Waals surface area contributed by atoms with Gasteiger partial charge in [-0.25, -0.2) is 4.79 Å². The van der Waals surface area contributed by atoms with Crippen molar-refractivity contribution >= 4 is 12.0 Å². The molecule has 2 heterocycles. The third-order valence-electron chi connectivity index (χ3n) is 3.30. The van der Waals surface area contributed by atoms with Crippen LogP contribution in [0.5, 0.6) is 0 Å². The summed E-state index contributed by atoms with van der Waals surface area (Å²) in [5, 5.41) is 0. The summed E-state index contributed by atoms with van der Waals surface area (Å²) >= 11 is 0. The average Bonchev–Trinajstić information content (AvgIpc) is 2.82. The van der Waals surface area contributed by atoms with E-state index in [9.17, 15) is 4.79 Å². The number of hydrogen-bond acceptors (Lipinski definition) is 4. The maximum Gasteiger partial charge on any atom is 0.330 e. The van der Waals surface area contributed by atoms with Gasteiger partial charge >= 0.3 is 5.97 Å². The van der Waals surface area contributed by atoms with Crippen molar-refractivity contribution in [1.82, 2.24) is 9.88 Å². The predicted octanol–water partition coefficient (Wildman–Crippen LogP) is 2.03. The van der Waals surface area contributed by atoms with Gasteiger partial charge in [0.1, 0.15) is 0 Å². The van der Waals surface area contributed by atoms with E-state index in [1.807, 2.05) is 6.20 Å². The fourth-order valence-electron chi connectivity index (χ4n) is 2.31. The Morgan fingerprint density at radius 2 is 2.39 bits per heavy atom. The quantitative estimate of drug-likeness (QED) is 0.604. The molecule has 1 aromatic rings. The summed E-state index contributed by atoms with van der Waals surface area (Å²) in [5.41, 5.74) is 2.14. The third-order valence-corrected chi connectivity index (χ3v) is 3.30. The van der Waals surface area contributed by atoms with E-state index in [1.54, 1.807) is 12.3 Å². The minimum Gasteiger partial charge on any atom is -0.466 e. The molecule has 0 amide bonds. The van der Waals surface area contributed by atoms with Crippen molar-refractivity contribution in [3.8, 4) is 0 Å². The van der Waals surface area contributed by atoms with E-state index in [0.29, 0.717) is 6.04 Å². The lowest BCUT2D eigenvalue weighted by atomic mass is 10.1. The van der Waals surface area contributed by atoms with Crippen molar-refractivity contribution in [3.63, 3.8) is 0 Å². The Bertz CT molecular complexity index is 457. The van der Waals surface area contributed by atoms with E-state index < -0.39 is 0 Å². The van der Waals surface area contributed by atoms with Crippen LogP contribution >= 0.6 is 0 Å². The van der Waals surface area contributed by atoms with Crippen molar-refractivity contribution in [2.24, 2.45) is 0 Å². The molecule has 0 spiro atoms. The molecule has 0 aliphatic carbocycles. The van der Waals surface area contributed by atoms with Gasteiger partial charge in [0.2, 0.25) is 0 Å². The highest BCUT2D eigenvalue weighted by Gasteiger charge is 2.22. The molecule has 4 nitrogen and oxygen atoms in total. The van der Waals surface area contributed by atoms with Gasteiger partial charge < -0.3 is 4.74 Å². The van der Waals surface area contributed by atoms with Crippen LogP contribution in [-0.2, 0) is 9.53 Å². The molecule has 1 fully saturated rings. The Labute approximate surface area is 107 Å². The van der Waals surface area contributed by atoms with Crippen LogP contribution < -0.4 is 0 Å². The standard InChI is InChI=1S/C14H18N2O2/c1-16-7-3-4-13(16)12-8-11(9-15-10-12)5-6-14(17)18-2/h5-6,8-10,13H,3-4,7H2,1-2H3/b6-5+. The first-order chi connectivity index (χ1) is 8.70. The summed E-state index contributed by atoms with van der Waals surface area (Å²) in [6.07, 6.45) is 9.20. The molecule has 1 aromatic heterocycles. The lowest BCUT2D eigenvalue weighted by molar-refractivity contribution is -0.134. The molecule has 0 saturated carbocycles. The van der Waals surface area contributed by atoms with Crippen LogP contribution in [0.15, 0.2) is 24.5 Å². The van der Waals surface area contributed by atoms with Gasteiger partial charge in [-0.15, -0.1) is 0 Å². The van der Waals surface area contributed by atoms with Gasteiger partial charge in [0.05, 0.1) is 7.11 Å². The number of ether oxygens (including phenoxy) is 1. The van der Waals surface area contributed by atoms with Crippen LogP contribution in [0.3, 0.4) is 0 Å². The van der Waals surface area contributed by atoms with Crippen LogP contribution in [0.4, 0.5) is 0 Å². The molecule has 1 aliphatic heterocycles. The number of hydrogen-bond donors (Lipinski definition) is 0. The normalized spacial score (nSPS) is 20.4. The molecular weight excluding hydrogens is 228 g/mol. The number of pyridine rings is 1. The van der Waals surface area contributed by atoms with Gasteiger partial charge in [-0.1, -0.05) is 0 Å². The second-order valence-electron chi connectivity index (χ2n) is 4.55. The van der Waals surface area contributed by atoms with E-state index in [2.05, 4.69) is 27.7 Å². The zero-order valence-corrected chi connectivity index (χ0v) is 10.8. The number of carbonyl (C=O) groups is 1. The molecule has 0 aromatic carbocycles. The molecule has 1 aliphatic rings. The summed E-state index contributed by atoms with van der Waals surface area (Å²) in [4.78, 5) is 17.6. The zero-order chi connectivity index (χ0) is 13.0. The first kappa shape index (κ1) is 12.8. The number of aromatic nitrogens is 1. The van der Waals surface area contributed by atoms with Crippen molar-refractivity contribution in [1.29, 1.82) is 0 Å². The van der Waals surface area contributed by atoms with Gasteiger partial charge in [0, 0.05) is 24.5 Å². The summed E-state index contributed by atoms with van der Waals surface area (Å²) in [5.74, 6) is -0.349. The SMILES string of the molecule is COC(=O)/C=C/c1cncc(C2CCCN2C)c1. The molecule has 4 heteroatoms. The van der Waals surface area contributed by atoms with Gasteiger partial charge in [0.25, 0.3) is 0 Å². The van der Waals surface area contributed by atoms with Crippen LogP contribution in [0, 0.1) is 0 Å². The fraction of sp³-hybridized carbons (Fsp3) is 0.429. The summed E-state index contributed by atoms with van der Waals surface area (Å²) < 4.78 is 4.56. The van der Waals surface area contributed by atoms with Gasteiger partial charge in [0.15, 0.2) is 0 Å². The summed E-state index contributed by atoms with van der Waals surface area (Å²) in [6, 6.07) is 2.53. The molecule has 0 N–H and O–H groups in total. The monoisotopic (exact) mass is 246 g/mol. The van der Waals surface area contributed by atoms with Gasteiger partial charge in [-0.05, 0) is 49.7 Å². The maximum absolute atomic E-state index is 11.0. The van der Waals surface area contributed by atoms with Crippen LogP contribution in [0.25, 0.3) is 6.08 Å². The summed E-state index contributed by atoms with van der Waals surface area (Å²) in [7, 11) is 3.50. The van der Waals surface area contributed by atoms with Crippen molar-refractivity contribution < 1.29 is 9.53 Å². The maximum atomic E-state index is 11.0. The average molecular weight is 246 g/mol. The first-order valence-corrected chi connectivity index (χ1v) is 6.12. The Balaban J connectivity index is 2.14. The molecule has 1 saturated heterocycles. The van der Waals surface area contributed by atoms with Crippen LogP contribution in [-0.4, -0.2) is 36.6 Å². The number of carbonyl (C=O) groups excluding carboxylic acids is 1. The van der Waals surface area contributed by atoms with Crippen molar-refractivity contribution in [2.45, 2.75) is 18.9 Å². The molecule has 0 radical (unpaired) electrons. The minimum atomic E-state index is -0.349. The fourth-order valence-corrected chi connectivity index (χ4v) is 2.31. The number of esters is 1. The Hall–Kier alpha value is -1.68. The predicted molar refractivity (Wildman–Crippen MR) is 69.9 cm³/mol. The lowest BCUT2D eigenvalue weighted by Gasteiger charge is -2.19. The van der Waals surface area contributed by atoms with Crippen molar-refractivity contribution in [3.05, 3.63) is 35.7 Å². The Morgan fingerprint density at radius 3 is 3.06 bits per heavy atom. The van der Waals surface area contributed by atoms with E-state index in [1.165, 1.54) is 31.6 Å². The van der Waals surface area contributed by atoms with Crippen LogP contribution in [0.2, 0.25) is 0 Å².